The van der Waals surface area contributed by atoms with Gasteiger partial charge in [0.15, 0.2) is 5.65 Å². The predicted octanol–water partition coefficient (Wildman–Crippen LogP) is 3.94. The summed E-state index contributed by atoms with van der Waals surface area (Å²) >= 11 is 0. The number of nitrogens with zero attached hydrogens (tertiary/aromatic N) is 3. The van der Waals surface area contributed by atoms with Gasteiger partial charge < -0.3 is 5.32 Å². The van der Waals surface area contributed by atoms with E-state index in [-0.39, 0.29) is 23.4 Å². The summed E-state index contributed by atoms with van der Waals surface area (Å²) in [6.07, 6.45) is 5.09. The van der Waals surface area contributed by atoms with Crippen molar-refractivity contribution in [3.05, 3.63) is 88.1 Å². The van der Waals surface area contributed by atoms with Gasteiger partial charge in [0.25, 0.3) is 5.56 Å². The Labute approximate surface area is 191 Å². The zero-order valence-electron chi connectivity index (χ0n) is 19.0. The molecule has 1 aliphatic rings. The Bertz CT molecular complexity index is 1370. The van der Waals surface area contributed by atoms with Crippen molar-refractivity contribution in [2.45, 2.75) is 45.1 Å². The van der Waals surface area contributed by atoms with E-state index in [9.17, 15) is 9.59 Å². The number of amides is 1. The molecule has 0 spiro atoms. The van der Waals surface area contributed by atoms with Gasteiger partial charge >= 0.3 is 0 Å². The van der Waals surface area contributed by atoms with E-state index in [2.05, 4.69) is 15.4 Å². The van der Waals surface area contributed by atoms with Gasteiger partial charge in [-0.3, -0.25) is 19.7 Å². The summed E-state index contributed by atoms with van der Waals surface area (Å²) in [6.45, 7) is 6.09. The molecule has 0 aliphatic heterocycles. The molecule has 1 fully saturated rings. The van der Waals surface area contributed by atoms with Crippen molar-refractivity contribution in [2.24, 2.45) is 5.92 Å². The number of aromatic nitrogens is 4. The summed E-state index contributed by atoms with van der Waals surface area (Å²) < 4.78 is 1.42. The zero-order valence-corrected chi connectivity index (χ0v) is 19.0. The Hall–Kier alpha value is -3.74. The normalized spacial score (nSPS) is 15.5. The smallest absolute Gasteiger partial charge is 0.272 e. The first kappa shape index (κ1) is 21.1. The number of pyridine rings is 1. The molecular weight excluding hydrogens is 414 g/mol. The lowest BCUT2D eigenvalue weighted by Gasteiger charge is -2.25. The maximum Gasteiger partial charge on any atom is 0.272 e. The molecule has 33 heavy (non-hydrogen) atoms. The first-order valence-electron chi connectivity index (χ1n) is 11.3. The fraction of sp³-hybridized carbons (Fsp3) is 0.308. The molecular formula is C26H27N5O2. The van der Waals surface area contributed by atoms with Gasteiger partial charge in [0.1, 0.15) is 0 Å². The first-order valence-corrected chi connectivity index (χ1v) is 11.3. The number of fused-ring (bicyclic) bond motifs is 1. The van der Waals surface area contributed by atoms with E-state index in [1.807, 2.05) is 63.2 Å². The summed E-state index contributed by atoms with van der Waals surface area (Å²) in [4.78, 5) is 35.2. The minimum atomic E-state index is -0.485. The van der Waals surface area contributed by atoms with E-state index < -0.39 is 5.41 Å². The van der Waals surface area contributed by atoms with Gasteiger partial charge in [0, 0.05) is 30.1 Å². The fourth-order valence-corrected chi connectivity index (χ4v) is 4.34. The monoisotopic (exact) mass is 441 g/mol. The highest BCUT2D eigenvalue weighted by atomic mass is 16.2. The van der Waals surface area contributed by atoms with Crippen molar-refractivity contribution in [2.75, 3.05) is 0 Å². The third-order valence-electron chi connectivity index (χ3n) is 6.50. The SMILES string of the molecule is Cc1ccc(C2(C(=O)N[C@@H](c3cc(=O)n4[nH]c(-c5cccnc5)cc4n3)C(C)C)CC2)cc1. The quantitative estimate of drug-likeness (QED) is 0.474. The van der Waals surface area contributed by atoms with Gasteiger partial charge in [-0.2, -0.15) is 0 Å². The molecule has 5 rings (SSSR count). The molecule has 4 aromatic rings. The summed E-state index contributed by atoms with van der Waals surface area (Å²) in [5, 5.41) is 6.30. The minimum Gasteiger partial charge on any atom is -0.347 e. The Morgan fingerprint density at radius 3 is 2.55 bits per heavy atom. The van der Waals surface area contributed by atoms with Crippen LogP contribution in [0.5, 0.6) is 0 Å². The summed E-state index contributed by atoms with van der Waals surface area (Å²) in [6, 6.07) is 14.9. The predicted molar refractivity (Wildman–Crippen MR) is 127 cm³/mol. The van der Waals surface area contributed by atoms with Crippen molar-refractivity contribution in [1.82, 2.24) is 24.9 Å². The summed E-state index contributed by atoms with van der Waals surface area (Å²) in [7, 11) is 0. The van der Waals surface area contributed by atoms with E-state index in [4.69, 9.17) is 4.98 Å². The topological polar surface area (TPSA) is 92.2 Å². The van der Waals surface area contributed by atoms with Gasteiger partial charge in [-0.05, 0) is 43.4 Å². The van der Waals surface area contributed by atoms with Crippen molar-refractivity contribution in [3.63, 3.8) is 0 Å². The van der Waals surface area contributed by atoms with Crippen LogP contribution in [0.4, 0.5) is 0 Å². The molecule has 0 unspecified atom stereocenters. The lowest BCUT2D eigenvalue weighted by atomic mass is 9.92. The zero-order chi connectivity index (χ0) is 23.2. The van der Waals surface area contributed by atoms with Gasteiger partial charge in [0.2, 0.25) is 5.91 Å². The van der Waals surface area contributed by atoms with Crippen molar-refractivity contribution in [3.8, 4) is 11.3 Å². The Kier molecular flexibility index (Phi) is 5.12. The number of benzene rings is 1. The van der Waals surface area contributed by atoms with Crippen LogP contribution in [0.25, 0.3) is 16.9 Å². The second-order valence-corrected chi connectivity index (χ2v) is 9.27. The van der Waals surface area contributed by atoms with Crippen molar-refractivity contribution in [1.29, 1.82) is 0 Å². The Balaban J connectivity index is 1.47. The van der Waals surface area contributed by atoms with E-state index >= 15 is 0 Å². The van der Waals surface area contributed by atoms with Crippen LogP contribution in [0.2, 0.25) is 0 Å². The lowest BCUT2D eigenvalue weighted by molar-refractivity contribution is -0.124. The average molecular weight is 442 g/mol. The standard InChI is InChI=1S/C26H27N5O2/c1-16(2)24(29-25(33)26(10-11-26)19-8-6-17(3)7-9-19)21-14-23(32)31-22(28-21)13-20(30-31)18-5-4-12-27-15-18/h4-9,12-16,24,30H,10-11H2,1-3H3,(H,29,33)/t24-/m1/s1. The molecule has 3 aromatic heterocycles. The molecule has 3 heterocycles. The molecule has 1 aromatic carbocycles. The van der Waals surface area contributed by atoms with E-state index in [0.717, 1.165) is 29.7 Å². The number of aromatic amines is 1. The van der Waals surface area contributed by atoms with E-state index in [0.29, 0.717) is 11.3 Å². The number of hydrogen-bond donors (Lipinski definition) is 2. The van der Waals surface area contributed by atoms with E-state index in [1.54, 1.807) is 12.4 Å². The molecule has 1 amide bonds. The molecule has 1 aliphatic carbocycles. The Morgan fingerprint density at radius 1 is 1.15 bits per heavy atom. The number of hydrogen-bond acceptors (Lipinski definition) is 4. The minimum absolute atomic E-state index is 0.00262. The fourth-order valence-electron chi connectivity index (χ4n) is 4.34. The Morgan fingerprint density at radius 2 is 1.91 bits per heavy atom. The van der Waals surface area contributed by atoms with Crippen LogP contribution in [-0.2, 0) is 10.2 Å². The molecule has 1 atom stereocenters. The number of H-pyrrole nitrogens is 1. The first-order chi connectivity index (χ1) is 15.9. The highest BCUT2D eigenvalue weighted by Crippen LogP contribution is 2.49. The number of carbonyl (C=O) groups is 1. The largest absolute Gasteiger partial charge is 0.347 e. The molecule has 0 bridgehead atoms. The van der Waals surface area contributed by atoms with Gasteiger partial charge in [-0.1, -0.05) is 43.7 Å². The molecule has 7 heteroatoms. The second-order valence-electron chi connectivity index (χ2n) is 9.27. The van der Waals surface area contributed by atoms with E-state index in [1.165, 1.54) is 16.1 Å². The maximum absolute atomic E-state index is 13.4. The van der Waals surface area contributed by atoms with Crippen molar-refractivity contribution < 1.29 is 4.79 Å². The maximum atomic E-state index is 13.4. The number of rotatable bonds is 6. The van der Waals surface area contributed by atoms with Gasteiger partial charge in [-0.25, -0.2) is 9.50 Å². The van der Waals surface area contributed by atoms with Crippen LogP contribution in [-0.4, -0.2) is 25.5 Å². The van der Waals surface area contributed by atoms with Crippen LogP contribution in [0.1, 0.15) is 49.6 Å². The molecule has 168 valence electrons. The van der Waals surface area contributed by atoms with Gasteiger partial charge in [-0.15, -0.1) is 0 Å². The van der Waals surface area contributed by atoms with Gasteiger partial charge in [0.05, 0.1) is 22.8 Å². The lowest BCUT2D eigenvalue weighted by Crippen LogP contribution is -2.40. The summed E-state index contributed by atoms with van der Waals surface area (Å²) in [5.74, 6) is 0.0611. The molecule has 0 saturated heterocycles. The van der Waals surface area contributed by atoms with Crippen LogP contribution in [0.3, 0.4) is 0 Å². The summed E-state index contributed by atoms with van der Waals surface area (Å²) in [5.41, 5.74) is 4.22. The highest BCUT2D eigenvalue weighted by molar-refractivity contribution is 5.91. The number of aryl methyl sites for hydroxylation is 1. The van der Waals surface area contributed by atoms with Crippen LogP contribution >= 0.6 is 0 Å². The van der Waals surface area contributed by atoms with Crippen molar-refractivity contribution >= 4 is 11.6 Å². The van der Waals surface area contributed by atoms with Crippen LogP contribution < -0.4 is 10.9 Å². The molecule has 7 nitrogen and oxygen atoms in total. The average Bonchev–Trinajstić information content (AvgIpc) is 3.50. The van der Waals surface area contributed by atoms with Crippen LogP contribution in [0, 0.1) is 12.8 Å². The molecule has 0 radical (unpaired) electrons. The third kappa shape index (κ3) is 3.84. The molecule has 2 N–H and O–H groups in total. The van der Waals surface area contributed by atoms with Crippen LogP contribution in [0.15, 0.2) is 65.7 Å². The number of nitrogens with one attached hydrogen (secondary N) is 2. The third-order valence-corrected chi connectivity index (χ3v) is 6.50. The molecule has 1 saturated carbocycles. The second kappa shape index (κ2) is 7.99. The number of carbonyl (C=O) groups excluding carboxylic acids is 1. The highest BCUT2D eigenvalue weighted by Gasteiger charge is 2.51.